The minimum absolute atomic E-state index is 0.00128. The van der Waals surface area contributed by atoms with Crippen molar-refractivity contribution in [1.82, 2.24) is 4.90 Å². The van der Waals surface area contributed by atoms with E-state index in [0.717, 1.165) is 42.4 Å². The van der Waals surface area contributed by atoms with Crippen molar-refractivity contribution in [2.75, 3.05) is 0 Å². The third-order valence-corrected chi connectivity index (χ3v) is 6.39. The maximum Gasteiger partial charge on any atom is 0.295 e. The third kappa shape index (κ3) is 4.04. The van der Waals surface area contributed by atoms with Gasteiger partial charge < -0.3 is 14.7 Å². The summed E-state index contributed by atoms with van der Waals surface area (Å²) in [7, 11) is 0. The van der Waals surface area contributed by atoms with E-state index in [0.29, 0.717) is 11.3 Å². The fourth-order valence-corrected chi connectivity index (χ4v) is 4.90. The molecule has 1 heterocycles. The molecule has 1 aliphatic heterocycles. The first-order valence-corrected chi connectivity index (χ1v) is 11.4. The summed E-state index contributed by atoms with van der Waals surface area (Å²) in [6.45, 7) is 7.75. The van der Waals surface area contributed by atoms with Gasteiger partial charge in [0.2, 0.25) is 0 Å². The van der Waals surface area contributed by atoms with Gasteiger partial charge in [0.1, 0.15) is 11.5 Å². The molecule has 0 radical (unpaired) electrons. The van der Waals surface area contributed by atoms with Crippen molar-refractivity contribution in [2.24, 2.45) is 0 Å². The molecule has 5 heteroatoms. The molecular formula is C27H31NO4. The maximum absolute atomic E-state index is 13.3. The Labute approximate surface area is 189 Å². The van der Waals surface area contributed by atoms with E-state index in [1.54, 1.807) is 4.90 Å². The molecular weight excluding hydrogens is 402 g/mol. The summed E-state index contributed by atoms with van der Waals surface area (Å²) in [5.41, 5.74) is 3.37. The van der Waals surface area contributed by atoms with Gasteiger partial charge in [-0.25, -0.2) is 0 Å². The number of hydrogen-bond donors (Lipinski definition) is 1. The van der Waals surface area contributed by atoms with Crippen LogP contribution in [-0.2, 0) is 9.59 Å². The standard InChI is InChI=1S/C27H31NO4/c1-16(2)32-21-11-7-8-19(15-21)24-23(25(29)22-14-17(3)12-13-18(22)4)26(30)27(31)28(24)20-9-5-6-10-20/h7-8,11-16,20,24,29H,5-6,9-10H2,1-4H3/b25-23+. The van der Waals surface area contributed by atoms with Crippen LogP contribution in [0.25, 0.3) is 5.76 Å². The van der Waals surface area contributed by atoms with Gasteiger partial charge in [0, 0.05) is 11.6 Å². The number of nitrogens with zero attached hydrogens (tertiary/aromatic N) is 1. The molecule has 2 fully saturated rings. The molecule has 1 saturated carbocycles. The predicted octanol–water partition coefficient (Wildman–Crippen LogP) is 5.45. The summed E-state index contributed by atoms with van der Waals surface area (Å²) >= 11 is 0. The molecule has 1 unspecified atom stereocenters. The number of carbonyl (C=O) groups is 2. The highest BCUT2D eigenvalue weighted by Gasteiger charge is 2.49. The second-order valence-corrected chi connectivity index (χ2v) is 9.20. The summed E-state index contributed by atoms with van der Waals surface area (Å²) in [6, 6.07) is 12.6. The number of hydrogen-bond acceptors (Lipinski definition) is 4. The third-order valence-electron chi connectivity index (χ3n) is 6.39. The van der Waals surface area contributed by atoms with Crippen molar-refractivity contribution in [1.29, 1.82) is 0 Å². The van der Waals surface area contributed by atoms with E-state index in [9.17, 15) is 14.7 Å². The lowest BCUT2D eigenvalue weighted by Crippen LogP contribution is -2.37. The summed E-state index contributed by atoms with van der Waals surface area (Å²) in [5.74, 6) is -0.564. The molecule has 2 aliphatic rings. The van der Waals surface area contributed by atoms with Crippen molar-refractivity contribution in [2.45, 2.75) is 71.6 Å². The Kier molecular flexibility index (Phi) is 6.09. The summed E-state index contributed by atoms with van der Waals surface area (Å²) in [6.07, 6.45) is 3.81. The van der Waals surface area contributed by atoms with E-state index in [1.165, 1.54) is 0 Å². The topological polar surface area (TPSA) is 66.8 Å². The number of amides is 1. The van der Waals surface area contributed by atoms with Crippen LogP contribution in [0, 0.1) is 13.8 Å². The van der Waals surface area contributed by atoms with Gasteiger partial charge in [-0.1, -0.05) is 42.7 Å². The zero-order valence-electron chi connectivity index (χ0n) is 19.2. The second-order valence-electron chi connectivity index (χ2n) is 9.20. The summed E-state index contributed by atoms with van der Waals surface area (Å²) < 4.78 is 5.88. The first-order valence-electron chi connectivity index (χ1n) is 11.4. The number of aliphatic hydroxyl groups is 1. The average molecular weight is 434 g/mol. The molecule has 4 rings (SSSR count). The monoisotopic (exact) mass is 433 g/mol. The van der Waals surface area contributed by atoms with Crippen LogP contribution in [0.4, 0.5) is 0 Å². The Hall–Kier alpha value is -3.08. The van der Waals surface area contributed by atoms with Crippen molar-refractivity contribution in [3.8, 4) is 5.75 Å². The molecule has 1 aliphatic carbocycles. The van der Waals surface area contributed by atoms with Gasteiger partial charge in [-0.15, -0.1) is 0 Å². The van der Waals surface area contributed by atoms with E-state index in [2.05, 4.69) is 0 Å². The van der Waals surface area contributed by atoms with Crippen LogP contribution in [0.1, 0.15) is 67.8 Å². The van der Waals surface area contributed by atoms with Gasteiger partial charge in [-0.2, -0.15) is 0 Å². The van der Waals surface area contributed by atoms with Crippen molar-refractivity contribution < 1.29 is 19.4 Å². The normalized spacial score (nSPS) is 21.0. The van der Waals surface area contributed by atoms with Gasteiger partial charge in [0.05, 0.1) is 17.7 Å². The number of likely N-dealkylation sites (tertiary alicyclic amines) is 1. The number of carbonyl (C=O) groups excluding carboxylic acids is 2. The van der Waals surface area contributed by atoms with Gasteiger partial charge in [0.15, 0.2) is 0 Å². The van der Waals surface area contributed by atoms with E-state index in [4.69, 9.17) is 4.74 Å². The molecule has 0 bridgehead atoms. The lowest BCUT2D eigenvalue weighted by atomic mass is 9.92. The molecule has 1 amide bonds. The van der Waals surface area contributed by atoms with E-state index in [1.807, 2.05) is 70.2 Å². The molecule has 5 nitrogen and oxygen atoms in total. The highest BCUT2D eigenvalue weighted by Crippen LogP contribution is 2.44. The van der Waals surface area contributed by atoms with Crippen LogP contribution < -0.4 is 4.74 Å². The van der Waals surface area contributed by atoms with Gasteiger partial charge >= 0.3 is 0 Å². The van der Waals surface area contributed by atoms with Gasteiger partial charge in [-0.3, -0.25) is 9.59 Å². The Bertz CT molecular complexity index is 1080. The van der Waals surface area contributed by atoms with E-state index >= 15 is 0 Å². The minimum atomic E-state index is -0.631. The molecule has 2 aromatic rings. The number of ether oxygens (including phenoxy) is 1. The quantitative estimate of drug-likeness (QED) is 0.387. The van der Waals surface area contributed by atoms with Crippen molar-refractivity contribution in [3.63, 3.8) is 0 Å². The van der Waals surface area contributed by atoms with E-state index < -0.39 is 17.7 Å². The molecule has 1 atom stereocenters. The number of aliphatic hydroxyl groups excluding tert-OH is 1. The van der Waals surface area contributed by atoms with Crippen LogP contribution in [0.15, 0.2) is 48.0 Å². The fourth-order valence-electron chi connectivity index (χ4n) is 4.90. The number of ketones is 1. The summed E-state index contributed by atoms with van der Waals surface area (Å²) in [4.78, 5) is 28.2. The lowest BCUT2D eigenvalue weighted by Gasteiger charge is -2.31. The number of rotatable bonds is 5. The molecule has 0 spiro atoms. The number of Topliss-reactive ketones (excluding diaryl/α,β-unsaturated/α-hetero) is 1. The van der Waals surface area contributed by atoms with Crippen LogP contribution in [0.5, 0.6) is 5.75 Å². The molecule has 32 heavy (non-hydrogen) atoms. The largest absolute Gasteiger partial charge is 0.507 e. The Morgan fingerprint density at radius 1 is 1.06 bits per heavy atom. The summed E-state index contributed by atoms with van der Waals surface area (Å²) in [5, 5.41) is 11.4. The zero-order valence-corrected chi connectivity index (χ0v) is 19.2. The molecule has 168 valence electrons. The first-order chi connectivity index (χ1) is 15.3. The van der Waals surface area contributed by atoms with Crippen LogP contribution in [-0.4, -0.2) is 33.8 Å². The lowest BCUT2D eigenvalue weighted by molar-refractivity contribution is -0.141. The van der Waals surface area contributed by atoms with Crippen LogP contribution in [0.3, 0.4) is 0 Å². The molecule has 2 aromatic carbocycles. The number of aryl methyl sites for hydroxylation is 2. The highest BCUT2D eigenvalue weighted by molar-refractivity contribution is 6.46. The Morgan fingerprint density at radius 2 is 1.78 bits per heavy atom. The van der Waals surface area contributed by atoms with Crippen LogP contribution >= 0.6 is 0 Å². The predicted molar refractivity (Wildman–Crippen MR) is 125 cm³/mol. The van der Waals surface area contributed by atoms with Crippen molar-refractivity contribution >= 4 is 17.4 Å². The molecule has 0 aromatic heterocycles. The SMILES string of the molecule is Cc1ccc(C)c(/C(O)=C2\C(=O)C(=O)N(C3CCCC3)C2c2cccc(OC(C)C)c2)c1. The Balaban J connectivity index is 1.90. The van der Waals surface area contributed by atoms with Gasteiger partial charge in [0.25, 0.3) is 11.7 Å². The minimum Gasteiger partial charge on any atom is -0.507 e. The Morgan fingerprint density at radius 3 is 2.47 bits per heavy atom. The zero-order chi connectivity index (χ0) is 23.0. The molecule has 1 saturated heterocycles. The number of benzene rings is 2. The first kappa shape index (κ1) is 22.1. The second kappa shape index (κ2) is 8.81. The smallest absolute Gasteiger partial charge is 0.295 e. The molecule has 1 N–H and O–H groups in total. The van der Waals surface area contributed by atoms with Crippen molar-refractivity contribution in [3.05, 3.63) is 70.3 Å². The van der Waals surface area contributed by atoms with Crippen LogP contribution in [0.2, 0.25) is 0 Å². The van der Waals surface area contributed by atoms with E-state index in [-0.39, 0.29) is 23.5 Å². The maximum atomic E-state index is 13.3. The highest BCUT2D eigenvalue weighted by atomic mass is 16.5. The van der Waals surface area contributed by atoms with Gasteiger partial charge in [-0.05, 0) is 69.9 Å². The average Bonchev–Trinajstić information content (AvgIpc) is 3.36. The fraction of sp³-hybridized carbons (Fsp3) is 0.407.